The summed E-state index contributed by atoms with van der Waals surface area (Å²) >= 11 is 0. The van der Waals surface area contributed by atoms with Gasteiger partial charge in [-0.2, -0.15) is 0 Å². The molecule has 1 rings (SSSR count). The monoisotopic (exact) mass is 406 g/mol. The van der Waals surface area contributed by atoms with Gasteiger partial charge in [-0.3, -0.25) is 4.79 Å². The van der Waals surface area contributed by atoms with E-state index in [0.717, 1.165) is 11.1 Å². The molecule has 0 spiro atoms. The molecule has 1 aromatic rings. The van der Waals surface area contributed by atoms with Gasteiger partial charge < -0.3 is 13.9 Å². The van der Waals surface area contributed by atoms with E-state index < -0.39 is 20.4 Å². The van der Waals surface area contributed by atoms with Gasteiger partial charge in [0.1, 0.15) is 5.75 Å². The second-order valence-corrected chi connectivity index (χ2v) is 11.6. The number of methoxy groups -OCH3 is 1. The van der Waals surface area contributed by atoms with Gasteiger partial charge in [-0.25, -0.2) is 4.79 Å². The molecule has 6 heteroatoms. The van der Waals surface area contributed by atoms with E-state index in [-0.39, 0.29) is 18.0 Å². The maximum atomic E-state index is 12.2. The van der Waals surface area contributed by atoms with Gasteiger partial charge in [0.05, 0.1) is 24.7 Å². The molecular formula is C22H34O5Si. The lowest BCUT2D eigenvalue weighted by Crippen LogP contribution is -2.25. The maximum absolute atomic E-state index is 12.2. The minimum absolute atomic E-state index is 0.217. The Labute approximate surface area is 170 Å². The zero-order valence-corrected chi connectivity index (χ0v) is 19.8. The fourth-order valence-corrected chi connectivity index (χ4v) is 2.88. The summed E-state index contributed by atoms with van der Waals surface area (Å²) in [5, 5.41) is 0. The van der Waals surface area contributed by atoms with Crippen LogP contribution in [0.4, 0.5) is 0 Å². The minimum Gasteiger partial charge on any atom is -0.466 e. The third kappa shape index (κ3) is 7.24. The molecular weight excluding hydrogens is 372 g/mol. The molecule has 5 nitrogen and oxygen atoms in total. The van der Waals surface area contributed by atoms with Crippen molar-refractivity contribution < 1.29 is 23.5 Å². The van der Waals surface area contributed by atoms with Crippen molar-refractivity contribution in [2.24, 2.45) is 5.41 Å². The largest absolute Gasteiger partial charge is 0.466 e. The number of carbonyl (C=O) groups is 2. The molecule has 0 amide bonds. The van der Waals surface area contributed by atoms with E-state index in [2.05, 4.69) is 20.8 Å². The predicted molar refractivity (Wildman–Crippen MR) is 115 cm³/mol. The normalized spacial score (nSPS) is 12.9. The van der Waals surface area contributed by atoms with Gasteiger partial charge in [-0.05, 0) is 68.6 Å². The highest BCUT2D eigenvalue weighted by Gasteiger charge is 2.25. The highest BCUT2D eigenvalue weighted by molar-refractivity contribution is 6.48. The Morgan fingerprint density at radius 3 is 2.14 bits per heavy atom. The molecule has 0 aliphatic rings. The fourth-order valence-electron chi connectivity index (χ4n) is 2.37. The molecule has 0 fully saturated rings. The Bertz CT molecular complexity index is 736. The first-order valence-corrected chi connectivity index (χ1v) is 12.3. The van der Waals surface area contributed by atoms with Gasteiger partial charge in [0.15, 0.2) is 9.04 Å². The molecule has 0 saturated carbocycles. The molecule has 0 aromatic heterocycles. The van der Waals surface area contributed by atoms with Crippen molar-refractivity contribution in [3.05, 3.63) is 34.9 Å². The third-order valence-electron chi connectivity index (χ3n) is 4.01. The molecule has 0 unspecified atom stereocenters. The molecule has 28 heavy (non-hydrogen) atoms. The number of benzene rings is 1. The van der Waals surface area contributed by atoms with Crippen LogP contribution in [0.2, 0.25) is 13.1 Å². The zero-order valence-electron chi connectivity index (χ0n) is 18.6. The molecule has 1 aromatic carbocycles. The number of ether oxygens (including phenoxy) is 2. The van der Waals surface area contributed by atoms with Crippen LogP contribution in [0, 0.1) is 5.41 Å². The van der Waals surface area contributed by atoms with Crippen molar-refractivity contribution in [2.45, 2.75) is 60.1 Å². The van der Waals surface area contributed by atoms with Crippen LogP contribution in [0.3, 0.4) is 0 Å². The summed E-state index contributed by atoms with van der Waals surface area (Å²) in [6, 6.07) is 5.47. The number of rotatable bonds is 6. The summed E-state index contributed by atoms with van der Waals surface area (Å²) in [6.07, 6.45) is 1.80. The molecule has 0 aliphatic carbocycles. The van der Waals surface area contributed by atoms with Crippen LogP contribution in [-0.2, 0) is 24.2 Å². The van der Waals surface area contributed by atoms with Gasteiger partial charge >= 0.3 is 11.9 Å². The smallest absolute Gasteiger partial charge is 0.336 e. The van der Waals surface area contributed by atoms with Crippen LogP contribution in [0.5, 0.6) is 5.75 Å². The first kappa shape index (κ1) is 24.1. The van der Waals surface area contributed by atoms with E-state index in [4.69, 9.17) is 13.9 Å². The lowest BCUT2D eigenvalue weighted by atomic mass is 9.83. The third-order valence-corrected chi connectivity index (χ3v) is 4.84. The second kappa shape index (κ2) is 9.52. The number of esters is 2. The molecule has 0 radical (unpaired) electrons. The van der Waals surface area contributed by atoms with E-state index >= 15 is 0 Å². The maximum Gasteiger partial charge on any atom is 0.336 e. The average molecular weight is 407 g/mol. The van der Waals surface area contributed by atoms with E-state index in [1.807, 2.05) is 46.0 Å². The standard InChI is InChI=1S/C22H34O5Si/c1-21(2,3)18-13-17(27-20(24)22(4,5)6)11-10-15(18)12-16(19(23)25-7)14-26-28(8)9/h10-13,28H,14H2,1-9H3. The van der Waals surface area contributed by atoms with Crippen molar-refractivity contribution >= 4 is 27.1 Å². The second-order valence-electron chi connectivity index (χ2n) is 9.16. The first-order chi connectivity index (χ1) is 12.8. The Morgan fingerprint density at radius 1 is 1.07 bits per heavy atom. The summed E-state index contributed by atoms with van der Waals surface area (Å²) in [7, 11) is 0.0839. The average Bonchev–Trinajstić information content (AvgIpc) is 2.56. The van der Waals surface area contributed by atoms with Crippen LogP contribution < -0.4 is 4.74 Å². The molecule has 0 bridgehead atoms. The van der Waals surface area contributed by atoms with Gasteiger partial charge in [-0.15, -0.1) is 0 Å². The number of hydrogen-bond acceptors (Lipinski definition) is 5. The number of carbonyl (C=O) groups excluding carboxylic acids is 2. The lowest BCUT2D eigenvalue weighted by molar-refractivity contribution is -0.143. The predicted octanol–water partition coefficient (Wildman–Crippen LogP) is 4.49. The quantitative estimate of drug-likeness (QED) is 0.301. The van der Waals surface area contributed by atoms with Crippen molar-refractivity contribution in [2.75, 3.05) is 13.7 Å². The Hall–Kier alpha value is -1.92. The van der Waals surface area contributed by atoms with Gasteiger partial charge in [0.25, 0.3) is 0 Å². The minimum atomic E-state index is -1.28. The van der Waals surface area contributed by atoms with Crippen molar-refractivity contribution in [1.29, 1.82) is 0 Å². The fraction of sp³-hybridized carbons (Fsp3) is 0.545. The highest BCUT2D eigenvalue weighted by atomic mass is 28.3. The summed E-state index contributed by atoms with van der Waals surface area (Å²) < 4.78 is 16.2. The van der Waals surface area contributed by atoms with Crippen LogP contribution in [-0.4, -0.2) is 34.7 Å². The van der Waals surface area contributed by atoms with Gasteiger partial charge in [0, 0.05) is 0 Å². The van der Waals surface area contributed by atoms with Crippen molar-refractivity contribution in [3.8, 4) is 5.75 Å². The molecule has 0 saturated heterocycles. The SMILES string of the molecule is COC(=O)C(=Cc1ccc(OC(=O)C(C)(C)C)cc1C(C)(C)C)CO[SiH](C)C. The Kier molecular flexibility index (Phi) is 8.20. The topological polar surface area (TPSA) is 61.8 Å². The number of hydrogen-bond donors (Lipinski definition) is 0. The molecule has 156 valence electrons. The van der Waals surface area contributed by atoms with E-state index in [1.165, 1.54) is 7.11 Å². The first-order valence-electron chi connectivity index (χ1n) is 9.53. The van der Waals surface area contributed by atoms with E-state index in [1.54, 1.807) is 12.1 Å². The molecule has 0 atom stereocenters. The molecule has 0 heterocycles. The molecule has 0 aliphatic heterocycles. The zero-order chi connectivity index (χ0) is 21.7. The summed E-state index contributed by atoms with van der Waals surface area (Å²) in [4.78, 5) is 24.4. The Morgan fingerprint density at radius 2 is 1.68 bits per heavy atom. The molecule has 0 N–H and O–H groups in total. The van der Waals surface area contributed by atoms with Crippen LogP contribution in [0.1, 0.15) is 52.7 Å². The van der Waals surface area contributed by atoms with Gasteiger partial charge in [0.2, 0.25) is 0 Å². The lowest BCUT2D eigenvalue weighted by Gasteiger charge is -2.24. The van der Waals surface area contributed by atoms with E-state index in [0.29, 0.717) is 11.3 Å². The summed E-state index contributed by atoms with van der Waals surface area (Å²) in [6.45, 7) is 16.0. The van der Waals surface area contributed by atoms with Crippen LogP contribution >= 0.6 is 0 Å². The van der Waals surface area contributed by atoms with E-state index in [9.17, 15) is 9.59 Å². The van der Waals surface area contributed by atoms with Crippen molar-refractivity contribution in [3.63, 3.8) is 0 Å². The van der Waals surface area contributed by atoms with Crippen molar-refractivity contribution in [1.82, 2.24) is 0 Å². The van der Waals surface area contributed by atoms with Crippen LogP contribution in [0.15, 0.2) is 23.8 Å². The summed E-state index contributed by atoms with van der Waals surface area (Å²) in [5.74, 6) is -0.202. The van der Waals surface area contributed by atoms with Gasteiger partial charge in [-0.1, -0.05) is 26.8 Å². The summed E-state index contributed by atoms with van der Waals surface area (Å²) in [5.41, 5.74) is 1.50. The Balaban J connectivity index is 3.36. The van der Waals surface area contributed by atoms with Crippen LogP contribution in [0.25, 0.3) is 6.08 Å². The highest BCUT2D eigenvalue weighted by Crippen LogP contribution is 2.32.